The van der Waals surface area contributed by atoms with Crippen LogP contribution in [0.15, 0.2) is 72.9 Å². The van der Waals surface area contributed by atoms with Crippen molar-refractivity contribution in [3.8, 4) is 11.6 Å². The van der Waals surface area contributed by atoms with Gasteiger partial charge in [-0.15, -0.1) is 0 Å². The van der Waals surface area contributed by atoms with E-state index in [1.807, 2.05) is 70.2 Å². The molecule has 0 bridgehead atoms. The first kappa shape index (κ1) is 25.7. The van der Waals surface area contributed by atoms with Crippen molar-refractivity contribution in [3.63, 3.8) is 0 Å². The number of hydrogen-bond acceptors (Lipinski definition) is 5. The zero-order valence-corrected chi connectivity index (χ0v) is 20.8. The van der Waals surface area contributed by atoms with Crippen LogP contribution in [0.2, 0.25) is 0 Å². The van der Waals surface area contributed by atoms with Gasteiger partial charge >= 0.3 is 6.09 Å². The van der Waals surface area contributed by atoms with Crippen LogP contribution in [0.3, 0.4) is 0 Å². The maximum absolute atomic E-state index is 12.9. The lowest BCUT2D eigenvalue weighted by Gasteiger charge is -2.27. The predicted octanol–water partition coefficient (Wildman–Crippen LogP) is 5.60. The maximum Gasteiger partial charge on any atom is 0.410 e. The van der Waals surface area contributed by atoms with Gasteiger partial charge < -0.3 is 19.7 Å². The molecule has 0 saturated heterocycles. The summed E-state index contributed by atoms with van der Waals surface area (Å²) in [5.41, 5.74) is 2.03. The summed E-state index contributed by atoms with van der Waals surface area (Å²) in [6.07, 6.45) is 1.88. The number of rotatable bonds is 9. The molecule has 0 aliphatic rings. The van der Waals surface area contributed by atoms with E-state index in [-0.39, 0.29) is 12.0 Å². The summed E-state index contributed by atoms with van der Waals surface area (Å²) in [4.78, 5) is 30.6. The van der Waals surface area contributed by atoms with E-state index in [1.165, 1.54) is 6.20 Å². The molecule has 184 valence electrons. The molecule has 0 aliphatic heterocycles. The molecule has 0 aliphatic carbocycles. The van der Waals surface area contributed by atoms with Gasteiger partial charge in [-0.3, -0.25) is 4.79 Å². The number of nitrogens with zero attached hydrogens (tertiary/aromatic N) is 2. The molecular formula is C28H33N3O4. The highest BCUT2D eigenvalue weighted by Crippen LogP contribution is 2.21. The molecule has 7 nitrogen and oxygen atoms in total. The van der Waals surface area contributed by atoms with E-state index in [1.54, 1.807) is 17.0 Å². The first-order valence-corrected chi connectivity index (χ1v) is 11.8. The van der Waals surface area contributed by atoms with Gasteiger partial charge in [0.2, 0.25) is 5.88 Å². The molecule has 7 heteroatoms. The molecule has 3 rings (SSSR count). The highest BCUT2D eigenvalue weighted by Gasteiger charge is 2.22. The average Bonchev–Trinajstić information content (AvgIpc) is 2.83. The Kier molecular flexibility index (Phi) is 8.84. The molecular weight excluding hydrogens is 442 g/mol. The van der Waals surface area contributed by atoms with E-state index in [0.717, 1.165) is 17.5 Å². The zero-order valence-electron chi connectivity index (χ0n) is 20.8. The summed E-state index contributed by atoms with van der Waals surface area (Å²) in [6, 6.07) is 20.9. The Balaban J connectivity index is 1.64. The summed E-state index contributed by atoms with van der Waals surface area (Å²) in [5.74, 6) is 0.835. The summed E-state index contributed by atoms with van der Waals surface area (Å²) in [5, 5.41) is 2.73. The van der Waals surface area contributed by atoms with Crippen molar-refractivity contribution in [2.75, 3.05) is 13.1 Å². The van der Waals surface area contributed by atoms with Gasteiger partial charge in [0.15, 0.2) is 0 Å². The average molecular weight is 476 g/mol. The number of benzene rings is 2. The first-order chi connectivity index (χ1) is 16.7. The summed E-state index contributed by atoms with van der Waals surface area (Å²) >= 11 is 0. The molecule has 0 fully saturated rings. The lowest BCUT2D eigenvalue weighted by atomic mass is 10.1. The minimum absolute atomic E-state index is 0.169. The highest BCUT2D eigenvalue weighted by molar-refractivity contribution is 5.93. The predicted molar refractivity (Wildman–Crippen MR) is 136 cm³/mol. The van der Waals surface area contributed by atoms with E-state index in [0.29, 0.717) is 36.8 Å². The van der Waals surface area contributed by atoms with Crippen molar-refractivity contribution in [3.05, 3.63) is 89.6 Å². The van der Waals surface area contributed by atoms with Gasteiger partial charge in [0.25, 0.3) is 5.91 Å². The van der Waals surface area contributed by atoms with Crippen molar-refractivity contribution in [2.24, 2.45) is 0 Å². The van der Waals surface area contributed by atoms with Gasteiger partial charge in [-0.05, 0) is 63.4 Å². The van der Waals surface area contributed by atoms with Crippen LogP contribution in [0, 0.1) is 0 Å². The van der Waals surface area contributed by atoms with Gasteiger partial charge in [0.05, 0.1) is 5.56 Å². The molecule has 2 amide bonds. The van der Waals surface area contributed by atoms with Crippen molar-refractivity contribution < 1.29 is 19.1 Å². The lowest BCUT2D eigenvalue weighted by molar-refractivity contribution is 0.0235. The van der Waals surface area contributed by atoms with Gasteiger partial charge in [-0.2, -0.15) is 0 Å². The molecule has 2 aromatic carbocycles. The Morgan fingerprint density at radius 2 is 1.66 bits per heavy atom. The van der Waals surface area contributed by atoms with Gasteiger partial charge in [-0.25, -0.2) is 9.78 Å². The van der Waals surface area contributed by atoms with Crippen molar-refractivity contribution in [1.82, 2.24) is 15.2 Å². The maximum atomic E-state index is 12.9. The minimum atomic E-state index is -0.570. The van der Waals surface area contributed by atoms with Crippen molar-refractivity contribution >= 4 is 12.0 Å². The number of ether oxygens (including phenoxy) is 2. The molecule has 1 N–H and O–H groups in total. The number of aromatic nitrogens is 1. The number of amides is 2. The fraction of sp³-hybridized carbons (Fsp3) is 0.321. The smallest absolute Gasteiger partial charge is 0.410 e. The van der Waals surface area contributed by atoms with Crippen LogP contribution in [0.25, 0.3) is 0 Å². The molecule has 0 saturated carbocycles. The van der Waals surface area contributed by atoms with Gasteiger partial charge in [0, 0.05) is 31.9 Å². The summed E-state index contributed by atoms with van der Waals surface area (Å²) < 4.78 is 11.4. The molecule has 0 atom stereocenters. The fourth-order valence-corrected chi connectivity index (χ4v) is 3.31. The lowest BCUT2D eigenvalue weighted by Crippen LogP contribution is -2.37. The second-order valence-electron chi connectivity index (χ2n) is 9.13. The quantitative estimate of drug-likeness (QED) is 0.435. The summed E-state index contributed by atoms with van der Waals surface area (Å²) in [6.45, 7) is 8.97. The highest BCUT2D eigenvalue weighted by atomic mass is 16.6. The molecule has 3 aromatic rings. The number of hydrogen-bond donors (Lipinski definition) is 1. The van der Waals surface area contributed by atoms with E-state index in [9.17, 15) is 9.59 Å². The van der Waals surface area contributed by atoms with Crippen LogP contribution < -0.4 is 10.1 Å². The van der Waals surface area contributed by atoms with Crippen LogP contribution in [-0.4, -0.2) is 40.6 Å². The minimum Gasteiger partial charge on any atom is -0.444 e. The Hall–Kier alpha value is -3.87. The van der Waals surface area contributed by atoms with Crippen LogP contribution in [0.5, 0.6) is 11.6 Å². The Labute approximate surface area is 207 Å². The normalized spacial score (nSPS) is 11.0. The topological polar surface area (TPSA) is 80.8 Å². The third kappa shape index (κ3) is 8.45. The fourth-order valence-electron chi connectivity index (χ4n) is 3.31. The van der Waals surface area contributed by atoms with E-state index < -0.39 is 5.60 Å². The number of carbonyl (C=O) groups is 2. The van der Waals surface area contributed by atoms with E-state index >= 15 is 0 Å². The number of carbonyl (C=O) groups excluding carboxylic acids is 2. The van der Waals surface area contributed by atoms with Crippen LogP contribution in [0.4, 0.5) is 4.79 Å². The van der Waals surface area contributed by atoms with Gasteiger partial charge in [0.1, 0.15) is 11.4 Å². The van der Waals surface area contributed by atoms with Crippen LogP contribution >= 0.6 is 0 Å². The van der Waals surface area contributed by atoms with E-state index in [2.05, 4.69) is 22.4 Å². The molecule has 0 unspecified atom stereocenters. The second kappa shape index (κ2) is 12.0. The Morgan fingerprint density at radius 1 is 0.943 bits per heavy atom. The Morgan fingerprint density at radius 3 is 2.26 bits per heavy atom. The molecule has 35 heavy (non-hydrogen) atoms. The largest absolute Gasteiger partial charge is 0.444 e. The molecule has 1 aromatic heterocycles. The SMILES string of the molecule is CCNC(=O)c1ccc(Oc2ccc(CN(CCc3ccccc3)C(=O)OC(C)(C)C)cc2)nc1. The summed E-state index contributed by atoms with van der Waals surface area (Å²) in [7, 11) is 0. The van der Waals surface area contributed by atoms with Crippen LogP contribution in [0.1, 0.15) is 49.2 Å². The number of pyridine rings is 1. The third-order valence-corrected chi connectivity index (χ3v) is 5.02. The van der Waals surface area contributed by atoms with Crippen molar-refractivity contribution in [1.29, 1.82) is 0 Å². The second-order valence-corrected chi connectivity index (χ2v) is 9.13. The standard InChI is InChI=1S/C28H33N3O4/c1-5-29-26(32)23-13-16-25(30-19-23)34-24-14-11-22(12-15-24)20-31(27(33)35-28(2,3)4)18-17-21-9-7-6-8-10-21/h6-16,19H,5,17-18,20H2,1-4H3,(H,29,32). The zero-order chi connectivity index (χ0) is 25.3. The molecule has 0 spiro atoms. The molecule has 1 heterocycles. The third-order valence-electron chi connectivity index (χ3n) is 5.02. The van der Waals surface area contributed by atoms with Gasteiger partial charge in [-0.1, -0.05) is 42.5 Å². The van der Waals surface area contributed by atoms with Crippen molar-refractivity contribution in [2.45, 2.75) is 46.3 Å². The van der Waals surface area contributed by atoms with E-state index in [4.69, 9.17) is 9.47 Å². The monoisotopic (exact) mass is 475 g/mol. The number of nitrogens with one attached hydrogen (secondary N) is 1. The molecule has 0 radical (unpaired) electrons. The first-order valence-electron chi connectivity index (χ1n) is 11.8. The Bertz CT molecular complexity index is 1090. The van der Waals surface area contributed by atoms with Crippen LogP contribution in [-0.2, 0) is 17.7 Å².